The van der Waals surface area contributed by atoms with Crippen molar-refractivity contribution in [2.24, 2.45) is 5.92 Å². The zero-order valence-electron chi connectivity index (χ0n) is 16.2. The number of hydrogen-bond acceptors (Lipinski definition) is 5. The fourth-order valence-corrected chi connectivity index (χ4v) is 5.34. The van der Waals surface area contributed by atoms with E-state index in [0.29, 0.717) is 12.7 Å². The number of benzene rings is 1. The van der Waals surface area contributed by atoms with Crippen LogP contribution in [-0.2, 0) is 6.42 Å². The van der Waals surface area contributed by atoms with E-state index in [1.807, 2.05) is 11.8 Å². The van der Waals surface area contributed by atoms with Crippen LogP contribution in [0.2, 0.25) is 0 Å². The van der Waals surface area contributed by atoms with Gasteiger partial charge in [0.1, 0.15) is 0 Å². The van der Waals surface area contributed by atoms with Crippen molar-refractivity contribution in [1.29, 1.82) is 0 Å². The second-order valence-corrected chi connectivity index (χ2v) is 9.16. The summed E-state index contributed by atoms with van der Waals surface area (Å²) in [5.41, 5.74) is 1.36. The molecular formula is C21H32N2O2S. The lowest BCUT2D eigenvalue weighted by Crippen LogP contribution is -2.57. The molecule has 4 nitrogen and oxygen atoms in total. The second kappa shape index (κ2) is 8.41. The molecule has 0 N–H and O–H groups in total. The highest BCUT2D eigenvalue weighted by atomic mass is 32.2. The van der Waals surface area contributed by atoms with Crippen molar-refractivity contribution in [2.45, 2.75) is 44.7 Å². The molecule has 0 aromatic heterocycles. The lowest BCUT2D eigenvalue weighted by molar-refractivity contribution is 0.0404. The molecule has 0 radical (unpaired) electrons. The van der Waals surface area contributed by atoms with Gasteiger partial charge < -0.3 is 9.47 Å². The van der Waals surface area contributed by atoms with Gasteiger partial charge in [0.15, 0.2) is 11.5 Å². The van der Waals surface area contributed by atoms with Gasteiger partial charge in [0.2, 0.25) is 6.79 Å². The van der Waals surface area contributed by atoms with Crippen LogP contribution in [0.25, 0.3) is 0 Å². The first-order valence-electron chi connectivity index (χ1n) is 10.1. The Bertz CT molecular complexity index is 612. The maximum atomic E-state index is 5.54. The average molecular weight is 377 g/mol. The third-order valence-electron chi connectivity index (χ3n) is 6.13. The molecule has 144 valence electrons. The monoisotopic (exact) mass is 376 g/mol. The molecule has 1 unspecified atom stereocenters. The largest absolute Gasteiger partial charge is 0.454 e. The predicted octanol–water partition coefficient (Wildman–Crippen LogP) is 3.50. The molecule has 3 atom stereocenters. The topological polar surface area (TPSA) is 24.9 Å². The van der Waals surface area contributed by atoms with Crippen LogP contribution in [0.3, 0.4) is 0 Å². The molecule has 26 heavy (non-hydrogen) atoms. The Hall–Kier alpha value is -0.910. The fourth-order valence-electron chi connectivity index (χ4n) is 4.83. The Morgan fingerprint density at radius 2 is 2.12 bits per heavy atom. The van der Waals surface area contributed by atoms with Gasteiger partial charge in [0.25, 0.3) is 0 Å². The zero-order chi connectivity index (χ0) is 17.9. The minimum Gasteiger partial charge on any atom is -0.454 e. The average Bonchev–Trinajstić information content (AvgIpc) is 3.27. The van der Waals surface area contributed by atoms with Gasteiger partial charge in [-0.15, -0.1) is 0 Å². The summed E-state index contributed by atoms with van der Waals surface area (Å²) in [6.07, 6.45) is 7.44. The Morgan fingerprint density at radius 3 is 3.00 bits per heavy atom. The molecule has 3 aliphatic heterocycles. The summed E-state index contributed by atoms with van der Waals surface area (Å²) in [7, 11) is 0. The number of nitrogens with zero attached hydrogens (tertiary/aromatic N) is 2. The maximum Gasteiger partial charge on any atom is 0.231 e. The number of ether oxygens (including phenoxy) is 2. The van der Waals surface area contributed by atoms with E-state index < -0.39 is 0 Å². The highest BCUT2D eigenvalue weighted by Crippen LogP contribution is 2.33. The van der Waals surface area contributed by atoms with E-state index in [2.05, 4.69) is 41.2 Å². The van der Waals surface area contributed by atoms with E-state index in [-0.39, 0.29) is 0 Å². The van der Waals surface area contributed by atoms with Crippen molar-refractivity contribution in [3.8, 4) is 11.5 Å². The highest BCUT2D eigenvalue weighted by molar-refractivity contribution is 7.98. The van der Waals surface area contributed by atoms with Crippen LogP contribution in [0.15, 0.2) is 18.2 Å². The standard InChI is InChI=1S/C21H32N2O2S/c1-16(10-17-5-6-20-21(11-17)25-15-24-20)12-23-14-18-4-3-8-22(18)13-19(23)7-9-26-2/h5-6,11,16,18-19H,3-4,7-10,12-15H2,1-2H3/t16?,18-,19+/m0/s1. The van der Waals surface area contributed by atoms with Gasteiger partial charge in [0.05, 0.1) is 0 Å². The van der Waals surface area contributed by atoms with Crippen molar-refractivity contribution >= 4 is 11.8 Å². The second-order valence-electron chi connectivity index (χ2n) is 8.18. The SMILES string of the molecule is CSCC[C@@H]1CN2CCC[C@H]2CN1CC(C)Cc1ccc2c(c1)OCO2. The predicted molar refractivity (Wildman–Crippen MR) is 108 cm³/mol. The smallest absolute Gasteiger partial charge is 0.231 e. The van der Waals surface area contributed by atoms with Crippen LogP contribution in [0.4, 0.5) is 0 Å². The Balaban J connectivity index is 1.37. The van der Waals surface area contributed by atoms with Crippen LogP contribution in [-0.4, -0.2) is 66.9 Å². The molecule has 0 amide bonds. The fraction of sp³-hybridized carbons (Fsp3) is 0.714. The molecule has 5 heteroatoms. The van der Waals surface area contributed by atoms with Gasteiger partial charge in [-0.3, -0.25) is 9.80 Å². The lowest BCUT2D eigenvalue weighted by Gasteiger charge is -2.44. The van der Waals surface area contributed by atoms with Gasteiger partial charge in [0, 0.05) is 31.7 Å². The molecule has 3 aliphatic rings. The number of piperazine rings is 1. The Morgan fingerprint density at radius 1 is 1.23 bits per heavy atom. The summed E-state index contributed by atoms with van der Waals surface area (Å²) < 4.78 is 11.0. The molecule has 0 bridgehead atoms. The summed E-state index contributed by atoms with van der Waals surface area (Å²) in [4.78, 5) is 5.56. The van der Waals surface area contributed by atoms with Crippen molar-refractivity contribution in [3.63, 3.8) is 0 Å². The van der Waals surface area contributed by atoms with Crippen LogP contribution in [0, 0.1) is 5.92 Å². The van der Waals surface area contributed by atoms with E-state index in [4.69, 9.17) is 9.47 Å². The minimum atomic E-state index is 0.358. The molecule has 2 saturated heterocycles. The summed E-state index contributed by atoms with van der Waals surface area (Å²) in [5, 5.41) is 0. The molecule has 2 fully saturated rings. The third kappa shape index (κ3) is 4.15. The van der Waals surface area contributed by atoms with E-state index >= 15 is 0 Å². The summed E-state index contributed by atoms with van der Waals surface area (Å²) >= 11 is 1.98. The van der Waals surface area contributed by atoms with E-state index in [1.165, 1.54) is 56.8 Å². The van der Waals surface area contributed by atoms with Crippen molar-refractivity contribution in [3.05, 3.63) is 23.8 Å². The van der Waals surface area contributed by atoms with Crippen LogP contribution < -0.4 is 9.47 Å². The van der Waals surface area contributed by atoms with E-state index in [1.54, 1.807) is 0 Å². The molecule has 0 aliphatic carbocycles. The minimum absolute atomic E-state index is 0.358. The number of hydrogen-bond donors (Lipinski definition) is 0. The van der Waals surface area contributed by atoms with E-state index in [0.717, 1.165) is 30.0 Å². The number of thioether (sulfide) groups is 1. The summed E-state index contributed by atoms with van der Waals surface area (Å²) in [5.74, 6) is 3.72. The summed E-state index contributed by atoms with van der Waals surface area (Å²) in [6, 6.07) is 7.96. The lowest BCUT2D eigenvalue weighted by atomic mass is 9.97. The van der Waals surface area contributed by atoms with Crippen LogP contribution in [0.5, 0.6) is 11.5 Å². The van der Waals surface area contributed by atoms with Gasteiger partial charge in [-0.1, -0.05) is 13.0 Å². The Labute approximate surface area is 162 Å². The molecule has 0 saturated carbocycles. The maximum absolute atomic E-state index is 5.54. The first-order chi connectivity index (χ1) is 12.7. The van der Waals surface area contributed by atoms with Crippen LogP contribution in [0.1, 0.15) is 31.7 Å². The number of rotatable bonds is 7. The summed E-state index contributed by atoms with van der Waals surface area (Å²) in [6.45, 7) is 7.83. The van der Waals surface area contributed by atoms with Crippen LogP contribution >= 0.6 is 11.8 Å². The highest BCUT2D eigenvalue weighted by Gasteiger charge is 2.36. The normalized spacial score (nSPS) is 26.8. The molecule has 3 heterocycles. The number of fused-ring (bicyclic) bond motifs is 2. The molecule has 1 aromatic rings. The molecule has 1 aromatic carbocycles. The van der Waals surface area contributed by atoms with Crippen molar-refractivity contribution in [1.82, 2.24) is 9.80 Å². The zero-order valence-corrected chi connectivity index (χ0v) is 17.0. The van der Waals surface area contributed by atoms with Gasteiger partial charge in [-0.05, 0) is 67.9 Å². The first-order valence-corrected chi connectivity index (χ1v) is 11.5. The first kappa shape index (κ1) is 18.5. The molecule has 4 rings (SSSR count). The third-order valence-corrected chi connectivity index (χ3v) is 6.77. The van der Waals surface area contributed by atoms with Gasteiger partial charge in [-0.25, -0.2) is 0 Å². The molecular weight excluding hydrogens is 344 g/mol. The van der Waals surface area contributed by atoms with Gasteiger partial charge in [-0.2, -0.15) is 11.8 Å². The van der Waals surface area contributed by atoms with Crippen molar-refractivity contribution in [2.75, 3.05) is 45.0 Å². The quantitative estimate of drug-likeness (QED) is 0.725. The Kier molecular flexibility index (Phi) is 5.97. The van der Waals surface area contributed by atoms with E-state index in [9.17, 15) is 0 Å². The van der Waals surface area contributed by atoms with Gasteiger partial charge >= 0.3 is 0 Å². The molecule has 0 spiro atoms. The van der Waals surface area contributed by atoms with Crippen molar-refractivity contribution < 1.29 is 9.47 Å².